The maximum Gasteiger partial charge on any atom is 0.245 e. The zero-order valence-corrected chi connectivity index (χ0v) is 10.4. The lowest BCUT2D eigenvalue weighted by Gasteiger charge is -2.17. The van der Waals surface area contributed by atoms with E-state index in [1.54, 1.807) is 17.8 Å². The van der Waals surface area contributed by atoms with Crippen molar-refractivity contribution in [2.24, 2.45) is 7.05 Å². The van der Waals surface area contributed by atoms with Crippen molar-refractivity contribution in [1.82, 2.24) is 14.2 Å². The Hall–Kier alpha value is -1.34. The van der Waals surface area contributed by atoms with E-state index in [1.165, 1.54) is 16.6 Å². The van der Waals surface area contributed by atoms with Gasteiger partial charge in [0.15, 0.2) is 0 Å². The smallest absolute Gasteiger partial charge is 0.245 e. The summed E-state index contributed by atoms with van der Waals surface area (Å²) in [5.41, 5.74) is 0. The molecule has 0 unspecified atom stereocenters. The van der Waals surface area contributed by atoms with Crippen molar-refractivity contribution < 1.29 is 13.2 Å². The van der Waals surface area contributed by atoms with Crippen LogP contribution in [0.1, 0.15) is 6.42 Å². The minimum atomic E-state index is -3.55. The molecule has 1 saturated heterocycles. The predicted molar refractivity (Wildman–Crippen MR) is 61.8 cm³/mol. The van der Waals surface area contributed by atoms with E-state index in [-0.39, 0.29) is 17.3 Å². The third-order valence-electron chi connectivity index (χ3n) is 2.67. The minimum Gasteiger partial charge on any atom is -0.356 e. The fourth-order valence-corrected chi connectivity index (χ4v) is 3.25. The van der Waals surface area contributed by atoms with Crippen LogP contribution in [0.3, 0.4) is 0 Å². The summed E-state index contributed by atoms with van der Waals surface area (Å²) in [5.74, 6) is -0.248. The van der Waals surface area contributed by atoms with E-state index in [4.69, 9.17) is 0 Å². The standard InChI is InChI=1S/C10H15N3O3S/c1-12-6-3-9(7-12)17(15,16)13-5-2-4-11-10(14)8-13/h3,6-7H,2,4-5,8H2,1H3,(H,11,14). The number of sulfonamides is 1. The molecule has 1 aromatic rings. The Morgan fingerprint density at radius 3 is 2.82 bits per heavy atom. The number of aromatic nitrogens is 1. The van der Waals surface area contributed by atoms with E-state index in [1.807, 2.05) is 0 Å². The Kier molecular flexibility index (Phi) is 3.21. The van der Waals surface area contributed by atoms with E-state index in [0.717, 1.165) is 0 Å². The minimum absolute atomic E-state index is 0.1000. The fraction of sp³-hybridized carbons (Fsp3) is 0.500. The molecule has 0 radical (unpaired) electrons. The van der Waals surface area contributed by atoms with Gasteiger partial charge in [-0.1, -0.05) is 0 Å². The van der Waals surface area contributed by atoms with Gasteiger partial charge in [-0.15, -0.1) is 0 Å². The van der Waals surface area contributed by atoms with Crippen molar-refractivity contribution in [3.63, 3.8) is 0 Å². The highest BCUT2D eigenvalue weighted by atomic mass is 32.2. The van der Waals surface area contributed by atoms with Crippen molar-refractivity contribution >= 4 is 15.9 Å². The highest BCUT2D eigenvalue weighted by molar-refractivity contribution is 7.89. The van der Waals surface area contributed by atoms with E-state index in [0.29, 0.717) is 19.5 Å². The van der Waals surface area contributed by atoms with Crippen LogP contribution in [-0.2, 0) is 21.9 Å². The molecule has 94 valence electrons. The first-order valence-corrected chi connectivity index (χ1v) is 6.83. The van der Waals surface area contributed by atoms with Crippen LogP contribution in [-0.4, -0.2) is 42.8 Å². The zero-order chi connectivity index (χ0) is 12.5. The highest BCUT2D eigenvalue weighted by Crippen LogP contribution is 2.16. The van der Waals surface area contributed by atoms with Gasteiger partial charge in [0.05, 0.1) is 11.4 Å². The molecule has 0 saturated carbocycles. The molecule has 0 aromatic carbocycles. The molecule has 0 atom stereocenters. The second kappa shape index (κ2) is 4.50. The summed E-state index contributed by atoms with van der Waals surface area (Å²) < 4.78 is 27.4. The predicted octanol–water partition coefficient (Wildman–Crippen LogP) is -0.464. The summed E-state index contributed by atoms with van der Waals surface area (Å²) in [4.78, 5) is 11.6. The molecule has 1 aromatic heterocycles. The summed E-state index contributed by atoms with van der Waals surface area (Å²) in [6, 6.07) is 1.54. The van der Waals surface area contributed by atoms with Crippen molar-refractivity contribution in [3.05, 3.63) is 18.5 Å². The molecule has 0 aliphatic carbocycles. The summed E-state index contributed by atoms with van der Waals surface area (Å²) in [6.45, 7) is 0.798. The molecule has 1 aliphatic heterocycles. The van der Waals surface area contributed by atoms with Crippen LogP contribution in [0, 0.1) is 0 Å². The summed E-state index contributed by atoms with van der Waals surface area (Å²) in [5, 5.41) is 2.65. The number of amides is 1. The van der Waals surface area contributed by atoms with Crippen molar-refractivity contribution in [2.45, 2.75) is 11.3 Å². The lowest BCUT2D eigenvalue weighted by atomic mass is 10.4. The van der Waals surface area contributed by atoms with Crippen LogP contribution < -0.4 is 5.32 Å². The maximum absolute atomic E-state index is 12.2. The number of rotatable bonds is 2. The number of nitrogens with one attached hydrogen (secondary N) is 1. The normalized spacial score (nSPS) is 18.8. The quantitative estimate of drug-likeness (QED) is 0.779. The topological polar surface area (TPSA) is 71.4 Å². The molecule has 1 aliphatic rings. The Labute approximate surface area is 100 Å². The highest BCUT2D eigenvalue weighted by Gasteiger charge is 2.28. The van der Waals surface area contributed by atoms with Crippen LogP contribution in [0.5, 0.6) is 0 Å². The summed E-state index contributed by atoms with van der Waals surface area (Å²) in [7, 11) is -1.79. The van der Waals surface area contributed by atoms with Crippen molar-refractivity contribution in [3.8, 4) is 0 Å². The van der Waals surface area contributed by atoms with Crippen molar-refractivity contribution in [1.29, 1.82) is 0 Å². The number of carbonyl (C=O) groups is 1. The van der Waals surface area contributed by atoms with Gasteiger partial charge in [0, 0.05) is 32.5 Å². The average molecular weight is 257 g/mol. The Bertz CT molecular complexity index is 521. The number of hydrogen-bond donors (Lipinski definition) is 1. The fourth-order valence-electron chi connectivity index (χ4n) is 1.76. The summed E-state index contributed by atoms with van der Waals surface area (Å²) >= 11 is 0. The molecule has 6 nitrogen and oxygen atoms in total. The van der Waals surface area contributed by atoms with Gasteiger partial charge < -0.3 is 9.88 Å². The first-order valence-electron chi connectivity index (χ1n) is 5.39. The van der Waals surface area contributed by atoms with Crippen LogP contribution in [0.25, 0.3) is 0 Å². The molecule has 1 amide bonds. The number of nitrogens with zero attached hydrogens (tertiary/aromatic N) is 2. The van der Waals surface area contributed by atoms with Crippen LogP contribution in [0.2, 0.25) is 0 Å². The molecule has 1 fully saturated rings. The van der Waals surface area contributed by atoms with Gasteiger partial charge in [0.1, 0.15) is 0 Å². The first kappa shape index (κ1) is 12.1. The van der Waals surface area contributed by atoms with Gasteiger partial charge >= 0.3 is 0 Å². The van der Waals surface area contributed by atoms with Gasteiger partial charge in [-0.3, -0.25) is 4.79 Å². The molecule has 1 N–H and O–H groups in total. The molecule has 17 heavy (non-hydrogen) atoms. The zero-order valence-electron chi connectivity index (χ0n) is 9.59. The second-order valence-corrected chi connectivity index (χ2v) is 5.99. The van der Waals surface area contributed by atoms with E-state index in [2.05, 4.69) is 5.32 Å². The molecule has 2 heterocycles. The lowest BCUT2D eigenvalue weighted by molar-refractivity contribution is -0.120. The van der Waals surface area contributed by atoms with Crippen molar-refractivity contribution in [2.75, 3.05) is 19.6 Å². The number of hydrogen-bond acceptors (Lipinski definition) is 3. The van der Waals surface area contributed by atoms with Gasteiger partial charge in [0.2, 0.25) is 15.9 Å². The monoisotopic (exact) mass is 257 g/mol. The molecule has 7 heteroatoms. The van der Waals surface area contributed by atoms with E-state index in [9.17, 15) is 13.2 Å². The SMILES string of the molecule is Cn1ccc(S(=O)(=O)N2CCCNC(=O)C2)c1. The van der Waals surface area contributed by atoms with Crippen LogP contribution in [0.15, 0.2) is 23.4 Å². The second-order valence-electron chi connectivity index (χ2n) is 4.05. The third kappa shape index (κ3) is 2.50. The largest absolute Gasteiger partial charge is 0.356 e. The molecule has 0 spiro atoms. The first-order chi connectivity index (χ1) is 8.00. The Morgan fingerprint density at radius 1 is 1.41 bits per heavy atom. The molecule has 0 bridgehead atoms. The van der Waals surface area contributed by atoms with Gasteiger partial charge in [-0.05, 0) is 12.5 Å². The van der Waals surface area contributed by atoms with Gasteiger partial charge in [-0.25, -0.2) is 8.42 Å². The maximum atomic E-state index is 12.2. The molecular weight excluding hydrogens is 242 g/mol. The van der Waals surface area contributed by atoms with E-state index < -0.39 is 10.0 Å². The molecule has 2 rings (SSSR count). The number of carbonyl (C=O) groups excluding carboxylic acids is 1. The van der Waals surface area contributed by atoms with E-state index >= 15 is 0 Å². The third-order valence-corrected chi connectivity index (χ3v) is 4.50. The number of aryl methyl sites for hydroxylation is 1. The van der Waals surface area contributed by atoms with Crippen LogP contribution >= 0.6 is 0 Å². The summed E-state index contributed by atoms with van der Waals surface area (Å²) in [6.07, 6.45) is 3.85. The van der Waals surface area contributed by atoms with Crippen LogP contribution in [0.4, 0.5) is 0 Å². The average Bonchev–Trinajstić information content (AvgIpc) is 2.57. The Balaban J connectivity index is 2.28. The lowest BCUT2D eigenvalue weighted by Crippen LogP contribution is -2.37. The van der Waals surface area contributed by atoms with Gasteiger partial charge in [0.25, 0.3) is 0 Å². The Morgan fingerprint density at radius 2 is 2.18 bits per heavy atom. The van der Waals surface area contributed by atoms with Gasteiger partial charge in [-0.2, -0.15) is 4.31 Å². The molecular formula is C10H15N3O3S.